The highest BCUT2D eigenvalue weighted by molar-refractivity contribution is 4.98. The lowest BCUT2D eigenvalue weighted by Gasteiger charge is -2.25. The van der Waals surface area contributed by atoms with Crippen LogP contribution in [0.1, 0.15) is 38.2 Å². The van der Waals surface area contributed by atoms with Crippen molar-refractivity contribution < 1.29 is 0 Å². The summed E-state index contributed by atoms with van der Waals surface area (Å²) in [5, 5.41) is 0. The van der Waals surface area contributed by atoms with Crippen molar-refractivity contribution in [3.63, 3.8) is 0 Å². The zero-order chi connectivity index (χ0) is 10.8. The molecule has 1 saturated carbocycles. The summed E-state index contributed by atoms with van der Waals surface area (Å²) in [5.74, 6) is 2.05. The molecule has 0 amide bonds. The molecule has 0 unspecified atom stereocenters. The number of aryl methyl sites for hydroxylation is 1. The fourth-order valence-corrected chi connectivity index (χ4v) is 1.83. The van der Waals surface area contributed by atoms with Crippen LogP contribution in [0.4, 0.5) is 0 Å². The minimum absolute atomic E-state index is 0.607. The molecule has 0 radical (unpaired) electrons. The second-order valence-corrected chi connectivity index (χ2v) is 4.98. The lowest BCUT2D eigenvalue weighted by molar-refractivity contribution is 0.199. The van der Waals surface area contributed by atoms with Crippen molar-refractivity contribution >= 4 is 0 Å². The molecule has 2 rings (SSSR count). The predicted molar refractivity (Wildman–Crippen MR) is 61.6 cm³/mol. The average Bonchev–Trinajstić information content (AvgIpc) is 2.89. The number of H-pyrrole nitrogens is 1. The first kappa shape index (κ1) is 10.7. The zero-order valence-electron chi connectivity index (χ0n) is 9.95. The number of nitrogens with one attached hydrogen (secondary N) is 1. The SMILES string of the molecule is Cc1cnc(CN(CC2CC2)C(C)C)[nH]1. The first-order valence-corrected chi connectivity index (χ1v) is 5.89. The third-order valence-electron chi connectivity index (χ3n) is 3.03. The van der Waals surface area contributed by atoms with E-state index in [1.165, 1.54) is 19.4 Å². The Bertz CT molecular complexity index is 312. The molecule has 1 heterocycles. The van der Waals surface area contributed by atoms with E-state index in [-0.39, 0.29) is 0 Å². The number of hydrogen-bond acceptors (Lipinski definition) is 2. The molecular weight excluding hydrogens is 186 g/mol. The van der Waals surface area contributed by atoms with Gasteiger partial charge in [0.25, 0.3) is 0 Å². The van der Waals surface area contributed by atoms with Gasteiger partial charge in [0.2, 0.25) is 0 Å². The smallest absolute Gasteiger partial charge is 0.120 e. The van der Waals surface area contributed by atoms with Gasteiger partial charge in [-0.3, -0.25) is 4.90 Å². The Labute approximate surface area is 91.9 Å². The molecule has 1 N–H and O–H groups in total. The van der Waals surface area contributed by atoms with E-state index in [0.29, 0.717) is 6.04 Å². The second kappa shape index (κ2) is 4.35. The monoisotopic (exact) mass is 207 g/mol. The third kappa shape index (κ3) is 3.06. The molecule has 1 aliphatic rings. The van der Waals surface area contributed by atoms with Crippen LogP contribution in [0.3, 0.4) is 0 Å². The van der Waals surface area contributed by atoms with Gasteiger partial charge in [0.15, 0.2) is 0 Å². The summed E-state index contributed by atoms with van der Waals surface area (Å²) in [7, 11) is 0. The lowest BCUT2D eigenvalue weighted by Crippen LogP contribution is -2.32. The predicted octanol–water partition coefficient (Wildman–Crippen LogP) is 2.34. The first-order chi connectivity index (χ1) is 7.15. The van der Waals surface area contributed by atoms with E-state index in [1.807, 2.05) is 6.20 Å². The Balaban J connectivity index is 1.92. The van der Waals surface area contributed by atoms with E-state index in [2.05, 4.69) is 35.6 Å². The minimum atomic E-state index is 0.607. The summed E-state index contributed by atoms with van der Waals surface area (Å²) in [6.07, 6.45) is 4.74. The van der Waals surface area contributed by atoms with Crippen LogP contribution >= 0.6 is 0 Å². The summed E-state index contributed by atoms with van der Waals surface area (Å²) in [5.41, 5.74) is 1.15. The summed E-state index contributed by atoms with van der Waals surface area (Å²) in [4.78, 5) is 10.2. The van der Waals surface area contributed by atoms with Crippen LogP contribution in [0.2, 0.25) is 0 Å². The van der Waals surface area contributed by atoms with Crippen LogP contribution in [-0.4, -0.2) is 27.5 Å². The molecule has 0 bridgehead atoms. The van der Waals surface area contributed by atoms with E-state index >= 15 is 0 Å². The Hall–Kier alpha value is -0.830. The molecule has 0 aromatic carbocycles. The number of hydrogen-bond donors (Lipinski definition) is 1. The maximum absolute atomic E-state index is 4.37. The Kier molecular flexibility index (Phi) is 3.10. The molecule has 1 aromatic rings. The van der Waals surface area contributed by atoms with Gasteiger partial charge in [0.1, 0.15) is 5.82 Å². The highest BCUT2D eigenvalue weighted by atomic mass is 15.2. The van der Waals surface area contributed by atoms with Gasteiger partial charge in [-0.1, -0.05) is 0 Å². The van der Waals surface area contributed by atoms with Crippen LogP contribution in [0.15, 0.2) is 6.20 Å². The van der Waals surface area contributed by atoms with Gasteiger partial charge in [0, 0.05) is 24.5 Å². The van der Waals surface area contributed by atoms with Gasteiger partial charge >= 0.3 is 0 Å². The molecule has 1 aliphatic carbocycles. The second-order valence-electron chi connectivity index (χ2n) is 4.98. The molecule has 0 saturated heterocycles. The van der Waals surface area contributed by atoms with Crippen molar-refractivity contribution in [1.29, 1.82) is 0 Å². The van der Waals surface area contributed by atoms with Crippen LogP contribution in [-0.2, 0) is 6.54 Å². The third-order valence-corrected chi connectivity index (χ3v) is 3.03. The molecule has 15 heavy (non-hydrogen) atoms. The van der Waals surface area contributed by atoms with Crippen molar-refractivity contribution in [2.24, 2.45) is 5.92 Å². The lowest BCUT2D eigenvalue weighted by atomic mass is 10.2. The number of aromatic amines is 1. The quantitative estimate of drug-likeness (QED) is 0.803. The van der Waals surface area contributed by atoms with Gasteiger partial charge in [0.05, 0.1) is 6.54 Å². The first-order valence-electron chi connectivity index (χ1n) is 5.89. The van der Waals surface area contributed by atoms with E-state index in [0.717, 1.165) is 24.0 Å². The van der Waals surface area contributed by atoms with Crippen molar-refractivity contribution in [3.8, 4) is 0 Å². The average molecular weight is 207 g/mol. The number of rotatable bonds is 5. The topological polar surface area (TPSA) is 31.9 Å². The van der Waals surface area contributed by atoms with Crippen LogP contribution in [0.25, 0.3) is 0 Å². The highest BCUT2D eigenvalue weighted by Gasteiger charge is 2.25. The van der Waals surface area contributed by atoms with Crippen LogP contribution in [0, 0.1) is 12.8 Å². The zero-order valence-corrected chi connectivity index (χ0v) is 9.95. The summed E-state index contributed by atoms with van der Waals surface area (Å²) < 4.78 is 0. The van der Waals surface area contributed by atoms with Crippen molar-refractivity contribution in [2.45, 2.75) is 46.2 Å². The standard InChI is InChI=1S/C12H21N3/c1-9(2)15(7-11-4-5-11)8-12-13-6-10(3)14-12/h6,9,11H,4-5,7-8H2,1-3H3,(H,13,14). The number of imidazole rings is 1. The van der Waals surface area contributed by atoms with E-state index < -0.39 is 0 Å². The molecule has 1 fully saturated rings. The highest BCUT2D eigenvalue weighted by Crippen LogP contribution is 2.30. The maximum atomic E-state index is 4.37. The van der Waals surface area contributed by atoms with E-state index in [1.54, 1.807) is 0 Å². The fraction of sp³-hybridized carbons (Fsp3) is 0.750. The van der Waals surface area contributed by atoms with Crippen molar-refractivity contribution in [2.75, 3.05) is 6.54 Å². The van der Waals surface area contributed by atoms with Gasteiger partial charge in [-0.15, -0.1) is 0 Å². The van der Waals surface area contributed by atoms with Gasteiger partial charge < -0.3 is 4.98 Å². The van der Waals surface area contributed by atoms with Gasteiger partial charge in [-0.05, 0) is 39.5 Å². The van der Waals surface area contributed by atoms with Crippen LogP contribution in [0.5, 0.6) is 0 Å². The molecule has 0 spiro atoms. The number of nitrogens with zero attached hydrogens (tertiary/aromatic N) is 2. The molecule has 1 aromatic heterocycles. The van der Waals surface area contributed by atoms with E-state index in [4.69, 9.17) is 0 Å². The Morgan fingerprint density at radius 2 is 2.27 bits per heavy atom. The van der Waals surface area contributed by atoms with E-state index in [9.17, 15) is 0 Å². The molecule has 3 heteroatoms. The Morgan fingerprint density at radius 3 is 2.73 bits per heavy atom. The summed E-state index contributed by atoms with van der Waals surface area (Å²) in [6, 6.07) is 0.607. The normalized spacial score (nSPS) is 16.6. The van der Waals surface area contributed by atoms with Crippen LogP contribution < -0.4 is 0 Å². The largest absolute Gasteiger partial charge is 0.345 e. The summed E-state index contributed by atoms with van der Waals surface area (Å²) in [6.45, 7) is 8.77. The van der Waals surface area contributed by atoms with Gasteiger partial charge in [-0.25, -0.2) is 4.98 Å². The molecule has 0 aliphatic heterocycles. The maximum Gasteiger partial charge on any atom is 0.120 e. The fourth-order valence-electron chi connectivity index (χ4n) is 1.83. The molecule has 3 nitrogen and oxygen atoms in total. The van der Waals surface area contributed by atoms with Gasteiger partial charge in [-0.2, -0.15) is 0 Å². The van der Waals surface area contributed by atoms with Crippen molar-refractivity contribution in [1.82, 2.24) is 14.9 Å². The number of aromatic nitrogens is 2. The molecule has 84 valence electrons. The Morgan fingerprint density at radius 1 is 1.53 bits per heavy atom. The molecule has 0 atom stereocenters. The molecular formula is C12H21N3. The summed E-state index contributed by atoms with van der Waals surface area (Å²) >= 11 is 0. The van der Waals surface area contributed by atoms with Crippen molar-refractivity contribution in [3.05, 3.63) is 17.7 Å². The minimum Gasteiger partial charge on any atom is -0.345 e.